The minimum Gasteiger partial charge on any atom is -0.483 e. The molecule has 1 N–H and O–H groups in total. The summed E-state index contributed by atoms with van der Waals surface area (Å²) in [6.45, 7) is -1.27. The van der Waals surface area contributed by atoms with Crippen molar-refractivity contribution in [1.82, 2.24) is 4.98 Å². The number of anilines is 1. The zero-order chi connectivity index (χ0) is 12.0. The van der Waals surface area contributed by atoms with Gasteiger partial charge in [0.2, 0.25) is 0 Å². The van der Waals surface area contributed by atoms with Crippen LogP contribution in [0.15, 0.2) is 18.3 Å². The molecule has 0 radical (unpaired) electrons. The molecule has 16 heavy (non-hydrogen) atoms. The second-order valence-electron chi connectivity index (χ2n) is 2.79. The van der Waals surface area contributed by atoms with Crippen molar-refractivity contribution >= 4 is 5.82 Å². The van der Waals surface area contributed by atoms with Gasteiger partial charge in [-0.25, -0.2) is 4.98 Å². The van der Waals surface area contributed by atoms with Gasteiger partial charge in [-0.15, -0.1) is 0 Å². The van der Waals surface area contributed by atoms with Gasteiger partial charge in [0.1, 0.15) is 18.1 Å². The standard InChI is InChI=1S/C9H8F3N3O/c10-9(11,12)6-16-7-1-2-8(15-5-7)14-4-3-13/h1-2,5H,4,6H2,(H,14,15). The molecule has 1 rings (SSSR count). The highest BCUT2D eigenvalue weighted by atomic mass is 19.4. The van der Waals surface area contributed by atoms with E-state index in [2.05, 4.69) is 15.0 Å². The first-order valence-corrected chi connectivity index (χ1v) is 4.28. The number of ether oxygens (including phenoxy) is 1. The van der Waals surface area contributed by atoms with Crippen molar-refractivity contribution in [3.8, 4) is 11.8 Å². The maximum Gasteiger partial charge on any atom is 0.422 e. The lowest BCUT2D eigenvalue weighted by Gasteiger charge is -2.09. The van der Waals surface area contributed by atoms with E-state index in [0.717, 1.165) is 6.20 Å². The molecule has 0 aliphatic carbocycles. The van der Waals surface area contributed by atoms with Gasteiger partial charge in [0.15, 0.2) is 6.61 Å². The molecule has 1 heterocycles. The number of hydrogen-bond acceptors (Lipinski definition) is 4. The van der Waals surface area contributed by atoms with Gasteiger partial charge in [-0.2, -0.15) is 18.4 Å². The van der Waals surface area contributed by atoms with Crippen LogP contribution in [0.4, 0.5) is 19.0 Å². The van der Waals surface area contributed by atoms with Crippen molar-refractivity contribution in [1.29, 1.82) is 5.26 Å². The van der Waals surface area contributed by atoms with E-state index in [-0.39, 0.29) is 12.3 Å². The van der Waals surface area contributed by atoms with Crippen LogP contribution in [0.3, 0.4) is 0 Å². The predicted molar refractivity (Wildman–Crippen MR) is 49.9 cm³/mol. The summed E-state index contributed by atoms with van der Waals surface area (Å²) in [5.74, 6) is 0.431. The highest BCUT2D eigenvalue weighted by Gasteiger charge is 2.28. The maximum atomic E-state index is 11.8. The number of nitrogens with zero attached hydrogens (tertiary/aromatic N) is 2. The van der Waals surface area contributed by atoms with Gasteiger partial charge in [0.05, 0.1) is 12.3 Å². The van der Waals surface area contributed by atoms with E-state index in [9.17, 15) is 13.2 Å². The molecule has 0 unspecified atom stereocenters. The third kappa shape index (κ3) is 4.50. The van der Waals surface area contributed by atoms with Gasteiger partial charge in [0.25, 0.3) is 0 Å². The van der Waals surface area contributed by atoms with Crippen molar-refractivity contribution in [3.05, 3.63) is 18.3 Å². The van der Waals surface area contributed by atoms with Crippen LogP contribution in [0.25, 0.3) is 0 Å². The Morgan fingerprint density at radius 3 is 2.69 bits per heavy atom. The van der Waals surface area contributed by atoms with Crippen molar-refractivity contribution in [3.63, 3.8) is 0 Å². The molecule has 4 nitrogen and oxygen atoms in total. The van der Waals surface area contributed by atoms with E-state index in [0.29, 0.717) is 5.82 Å². The Balaban J connectivity index is 2.49. The first kappa shape index (κ1) is 12.1. The van der Waals surface area contributed by atoms with E-state index in [4.69, 9.17) is 5.26 Å². The molecule has 0 saturated heterocycles. The molecule has 86 valence electrons. The predicted octanol–water partition coefficient (Wildman–Crippen LogP) is 1.96. The van der Waals surface area contributed by atoms with Crippen LogP contribution in [0.1, 0.15) is 0 Å². The summed E-state index contributed by atoms with van der Waals surface area (Å²) in [6.07, 6.45) is -3.21. The molecule has 0 bridgehead atoms. The van der Waals surface area contributed by atoms with Crippen LogP contribution in [0, 0.1) is 11.3 Å². The van der Waals surface area contributed by atoms with Crippen LogP contribution in [0.5, 0.6) is 5.75 Å². The Labute approximate surface area is 89.7 Å². The molecule has 0 aromatic carbocycles. The van der Waals surface area contributed by atoms with E-state index < -0.39 is 12.8 Å². The van der Waals surface area contributed by atoms with Gasteiger partial charge in [-0.1, -0.05) is 0 Å². The summed E-state index contributed by atoms with van der Waals surface area (Å²) in [4.78, 5) is 3.76. The summed E-state index contributed by atoms with van der Waals surface area (Å²) in [6, 6.07) is 4.62. The number of nitriles is 1. The molecule has 0 aliphatic rings. The lowest BCUT2D eigenvalue weighted by atomic mass is 10.4. The van der Waals surface area contributed by atoms with E-state index in [1.54, 1.807) is 0 Å². The number of alkyl halides is 3. The topological polar surface area (TPSA) is 57.9 Å². The summed E-state index contributed by atoms with van der Waals surface area (Å²) >= 11 is 0. The average molecular weight is 231 g/mol. The Morgan fingerprint density at radius 1 is 1.44 bits per heavy atom. The molecule has 1 aromatic rings. The van der Waals surface area contributed by atoms with Crippen molar-refractivity contribution in [2.75, 3.05) is 18.5 Å². The zero-order valence-electron chi connectivity index (χ0n) is 8.08. The quantitative estimate of drug-likeness (QED) is 0.804. The second kappa shape index (κ2) is 5.21. The lowest BCUT2D eigenvalue weighted by Crippen LogP contribution is -2.19. The molecular formula is C9H8F3N3O. The van der Waals surface area contributed by atoms with Crippen LogP contribution in [-0.2, 0) is 0 Å². The third-order valence-corrected chi connectivity index (χ3v) is 1.49. The molecule has 0 atom stereocenters. The average Bonchev–Trinajstić information content (AvgIpc) is 2.24. The second-order valence-corrected chi connectivity index (χ2v) is 2.79. The molecule has 0 amide bonds. The summed E-state index contributed by atoms with van der Waals surface area (Å²) in [5, 5.41) is 10.9. The highest BCUT2D eigenvalue weighted by molar-refractivity contribution is 5.38. The fraction of sp³-hybridized carbons (Fsp3) is 0.333. The molecular weight excluding hydrogens is 223 g/mol. The number of nitrogens with one attached hydrogen (secondary N) is 1. The SMILES string of the molecule is N#CCNc1ccc(OCC(F)(F)F)cn1. The summed E-state index contributed by atoms with van der Waals surface area (Å²) in [5.41, 5.74) is 0. The monoisotopic (exact) mass is 231 g/mol. The van der Waals surface area contributed by atoms with Crippen LogP contribution in [0.2, 0.25) is 0 Å². The molecule has 1 aromatic heterocycles. The van der Waals surface area contributed by atoms with Gasteiger partial charge < -0.3 is 10.1 Å². The van der Waals surface area contributed by atoms with E-state index in [1.807, 2.05) is 6.07 Å². The van der Waals surface area contributed by atoms with E-state index in [1.165, 1.54) is 12.1 Å². The fourth-order valence-corrected chi connectivity index (χ4v) is 0.865. The number of halogens is 3. The maximum absolute atomic E-state index is 11.8. The minimum atomic E-state index is -4.36. The van der Waals surface area contributed by atoms with Crippen LogP contribution >= 0.6 is 0 Å². The molecule has 7 heteroatoms. The normalized spacial score (nSPS) is 10.6. The summed E-state index contributed by atoms with van der Waals surface area (Å²) in [7, 11) is 0. The minimum absolute atomic E-state index is 0.0276. The Morgan fingerprint density at radius 2 is 2.19 bits per heavy atom. The summed E-state index contributed by atoms with van der Waals surface area (Å²) < 4.78 is 39.8. The Bertz CT molecular complexity index is 369. The van der Waals surface area contributed by atoms with Gasteiger partial charge in [0, 0.05) is 0 Å². The smallest absolute Gasteiger partial charge is 0.422 e. The van der Waals surface area contributed by atoms with Gasteiger partial charge in [-0.3, -0.25) is 0 Å². The van der Waals surface area contributed by atoms with Crippen molar-refractivity contribution in [2.24, 2.45) is 0 Å². The highest BCUT2D eigenvalue weighted by Crippen LogP contribution is 2.18. The van der Waals surface area contributed by atoms with Gasteiger partial charge >= 0.3 is 6.18 Å². The van der Waals surface area contributed by atoms with Gasteiger partial charge in [-0.05, 0) is 12.1 Å². The van der Waals surface area contributed by atoms with Crippen LogP contribution in [-0.4, -0.2) is 24.3 Å². The lowest BCUT2D eigenvalue weighted by molar-refractivity contribution is -0.153. The third-order valence-electron chi connectivity index (χ3n) is 1.49. The number of aromatic nitrogens is 1. The van der Waals surface area contributed by atoms with E-state index >= 15 is 0 Å². The largest absolute Gasteiger partial charge is 0.483 e. The Kier molecular flexibility index (Phi) is 3.94. The number of hydrogen-bond donors (Lipinski definition) is 1. The zero-order valence-corrected chi connectivity index (χ0v) is 8.08. The molecule has 0 fully saturated rings. The van der Waals surface area contributed by atoms with Crippen molar-refractivity contribution in [2.45, 2.75) is 6.18 Å². The first-order chi connectivity index (χ1) is 7.51. The molecule has 0 spiro atoms. The fourth-order valence-electron chi connectivity index (χ4n) is 0.865. The van der Waals surface area contributed by atoms with Crippen molar-refractivity contribution < 1.29 is 17.9 Å². The number of rotatable bonds is 4. The molecule has 0 aliphatic heterocycles. The number of pyridine rings is 1. The Hall–Kier alpha value is -1.97. The first-order valence-electron chi connectivity index (χ1n) is 4.28. The molecule has 0 saturated carbocycles. The van der Waals surface area contributed by atoms with Crippen LogP contribution < -0.4 is 10.1 Å².